The summed E-state index contributed by atoms with van der Waals surface area (Å²) >= 11 is 0. The van der Waals surface area contributed by atoms with Gasteiger partial charge in [0, 0.05) is 11.5 Å². The molecular formula is C10H8O3. The van der Waals surface area contributed by atoms with Crippen molar-refractivity contribution in [1.82, 2.24) is 0 Å². The lowest BCUT2D eigenvalue weighted by molar-refractivity contribution is -0.130. The number of hydrogen-bond donors (Lipinski definition) is 1. The Hall–Kier alpha value is -1.95. The zero-order valence-corrected chi connectivity index (χ0v) is 7.07. The van der Waals surface area contributed by atoms with Crippen LogP contribution in [0.25, 0.3) is 0 Å². The molecule has 0 fully saturated rings. The van der Waals surface area contributed by atoms with Crippen LogP contribution >= 0.6 is 0 Å². The first-order valence-electron chi connectivity index (χ1n) is 3.61. The van der Waals surface area contributed by atoms with E-state index < -0.39 is 5.97 Å². The first-order valence-corrected chi connectivity index (χ1v) is 3.61. The molecule has 3 heteroatoms. The molecule has 0 radical (unpaired) electrons. The van der Waals surface area contributed by atoms with Gasteiger partial charge in [0.25, 0.3) is 0 Å². The predicted octanol–water partition coefficient (Wildman–Crippen LogP) is 1.13. The van der Waals surface area contributed by atoms with Gasteiger partial charge in [-0.3, -0.25) is 0 Å². The fourth-order valence-electron chi connectivity index (χ4n) is 0.826. The molecule has 0 heterocycles. The summed E-state index contributed by atoms with van der Waals surface area (Å²) < 4.78 is 4.95. The van der Waals surface area contributed by atoms with Gasteiger partial charge in [0.2, 0.25) is 0 Å². The van der Waals surface area contributed by atoms with Crippen molar-refractivity contribution in [3.63, 3.8) is 0 Å². The molecule has 66 valence electrons. The molecule has 0 atom stereocenters. The van der Waals surface area contributed by atoms with Gasteiger partial charge in [-0.15, -0.1) is 0 Å². The first kappa shape index (κ1) is 9.14. The van der Waals surface area contributed by atoms with Gasteiger partial charge in [-0.05, 0) is 18.2 Å². The van der Waals surface area contributed by atoms with Crippen LogP contribution in [-0.4, -0.2) is 18.2 Å². The molecule has 0 spiro atoms. The van der Waals surface area contributed by atoms with Gasteiger partial charge in [-0.25, -0.2) is 4.79 Å². The van der Waals surface area contributed by atoms with Gasteiger partial charge in [-0.1, -0.05) is 12.0 Å². The quantitative estimate of drug-likeness (QED) is 0.652. The van der Waals surface area contributed by atoms with Gasteiger partial charge < -0.3 is 9.84 Å². The third kappa shape index (κ3) is 2.88. The van der Waals surface area contributed by atoms with Gasteiger partial charge in [0.1, 0.15) is 5.75 Å². The number of carboxylic acids is 1. The molecule has 0 amide bonds. The van der Waals surface area contributed by atoms with Crippen molar-refractivity contribution < 1.29 is 14.6 Å². The minimum atomic E-state index is -1.14. The lowest BCUT2D eigenvalue weighted by Gasteiger charge is -1.97. The number of methoxy groups -OCH3 is 1. The van der Waals surface area contributed by atoms with Crippen molar-refractivity contribution >= 4 is 5.97 Å². The summed E-state index contributed by atoms with van der Waals surface area (Å²) in [4.78, 5) is 10.1. The molecule has 0 aromatic heterocycles. The molecule has 1 aromatic rings. The van der Waals surface area contributed by atoms with Crippen LogP contribution in [0.3, 0.4) is 0 Å². The maximum atomic E-state index is 10.1. The molecular weight excluding hydrogens is 168 g/mol. The second kappa shape index (κ2) is 4.17. The summed E-state index contributed by atoms with van der Waals surface area (Å²) in [6.07, 6.45) is 0. The minimum Gasteiger partial charge on any atom is -0.497 e. The normalized spacial score (nSPS) is 8.38. The molecule has 0 aliphatic carbocycles. The molecule has 0 aliphatic rings. The smallest absolute Gasteiger partial charge is 0.382 e. The highest BCUT2D eigenvalue weighted by Crippen LogP contribution is 2.10. The van der Waals surface area contributed by atoms with Crippen LogP contribution in [0, 0.1) is 11.8 Å². The Morgan fingerprint density at radius 1 is 1.54 bits per heavy atom. The number of hydrogen-bond acceptors (Lipinski definition) is 2. The highest BCUT2D eigenvalue weighted by Gasteiger charge is 1.91. The van der Waals surface area contributed by atoms with E-state index >= 15 is 0 Å². The molecule has 0 unspecified atom stereocenters. The van der Waals surface area contributed by atoms with E-state index in [4.69, 9.17) is 9.84 Å². The lowest BCUT2D eigenvalue weighted by atomic mass is 10.2. The fourth-order valence-corrected chi connectivity index (χ4v) is 0.826. The third-order valence-electron chi connectivity index (χ3n) is 1.38. The summed E-state index contributed by atoms with van der Waals surface area (Å²) in [5.41, 5.74) is 0.627. The van der Waals surface area contributed by atoms with Crippen LogP contribution < -0.4 is 4.74 Å². The van der Waals surface area contributed by atoms with E-state index in [2.05, 4.69) is 5.92 Å². The molecule has 3 nitrogen and oxygen atoms in total. The van der Waals surface area contributed by atoms with E-state index in [0.717, 1.165) is 0 Å². The van der Waals surface area contributed by atoms with E-state index in [9.17, 15) is 4.79 Å². The summed E-state index contributed by atoms with van der Waals surface area (Å²) in [5.74, 6) is 4.04. The summed E-state index contributed by atoms with van der Waals surface area (Å²) in [5, 5.41) is 8.30. The van der Waals surface area contributed by atoms with Gasteiger partial charge in [0.05, 0.1) is 7.11 Å². The monoisotopic (exact) mass is 176 g/mol. The summed E-state index contributed by atoms with van der Waals surface area (Å²) in [7, 11) is 1.55. The zero-order chi connectivity index (χ0) is 9.68. The van der Waals surface area contributed by atoms with Gasteiger partial charge in [-0.2, -0.15) is 0 Å². The van der Waals surface area contributed by atoms with Crippen molar-refractivity contribution in [3.05, 3.63) is 29.8 Å². The molecule has 0 saturated carbocycles. The van der Waals surface area contributed by atoms with Crippen molar-refractivity contribution in [3.8, 4) is 17.6 Å². The summed E-state index contributed by atoms with van der Waals surface area (Å²) in [6, 6.07) is 6.92. The van der Waals surface area contributed by atoms with Crippen molar-refractivity contribution in [1.29, 1.82) is 0 Å². The Bertz CT molecular complexity index is 371. The largest absolute Gasteiger partial charge is 0.497 e. The second-order valence-corrected chi connectivity index (χ2v) is 2.29. The molecule has 1 N–H and O–H groups in total. The van der Waals surface area contributed by atoms with Gasteiger partial charge in [0.15, 0.2) is 0 Å². The maximum absolute atomic E-state index is 10.1. The Morgan fingerprint density at radius 2 is 2.31 bits per heavy atom. The molecule has 0 bridgehead atoms. The minimum absolute atomic E-state index is 0.627. The molecule has 1 rings (SSSR count). The molecule has 0 aliphatic heterocycles. The third-order valence-corrected chi connectivity index (χ3v) is 1.38. The number of carboxylic acid groups (broad SMARTS) is 1. The predicted molar refractivity (Wildman–Crippen MR) is 47.5 cm³/mol. The Labute approximate surface area is 76.0 Å². The fraction of sp³-hybridized carbons (Fsp3) is 0.100. The maximum Gasteiger partial charge on any atom is 0.382 e. The first-order chi connectivity index (χ1) is 6.22. The van der Waals surface area contributed by atoms with E-state index in [0.29, 0.717) is 11.3 Å². The van der Waals surface area contributed by atoms with Crippen LogP contribution in [-0.2, 0) is 4.79 Å². The molecule has 1 aromatic carbocycles. The highest BCUT2D eigenvalue weighted by atomic mass is 16.5. The lowest BCUT2D eigenvalue weighted by Crippen LogP contribution is -1.87. The average Bonchev–Trinajstić information content (AvgIpc) is 2.15. The Morgan fingerprint density at radius 3 is 2.92 bits per heavy atom. The second-order valence-electron chi connectivity index (χ2n) is 2.29. The van der Waals surface area contributed by atoms with E-state index in [1.807, 2.05) is 5.92 Å². The number of carbonyl (C=O) groups is 1. The molecule has 0 saturated heterocycles. The van der Waals surface area contributed by atoms with E-state index in [1.54, 1.807) is 31.4 Å². The van der Waals surface area contributed by atoms with Crippen LogP contribution in [0.2, 0.25) is 0 Å². The standard InChI is InChI=1S/C10H8O3/c1-13-9-4-2-3-8(7-9)5-6-10(11)12/h2-4,7H,1H3,(H,11,12). The van der Waals surface area contributed by atoms with Crippen molar-refractivity contribution in [2.45, 2.75) is 0 Å². The van der Waals surface area contributed by atoms with Crippen LogP contribution in [0.5, 0.6) is 5.75 Å². The van der Waals surface area contributed by atoms with Crippen LogP contribution in [0.4, 0.5) is 0 Å². The summed E-state index contributed by atoms with van der Waals surface area (Å²) in [6.45, 7) is 0. The van der Waals surface area contributed by atoms with Gasteiger partial charge >= 0.3 is 5.97 Å². The van der Waals surface area contributed by atoms with E-state index in [-0.39, 0.29) is 0 Å². The van der Waals surface area contributed by atoms with Crippen molar-refractivity contribution in [2.75, 3.05) is 7.11 Å². The number of aliphatic carboxylic acids is 1. The average molecular weight is 176 g/mol. The highest BCUT2D eigenvalue weighted by molar-refractivity contribution is 5.87. The SMILES string of the molecule is COc1cccc(C#CC(=O)O)c1. The molecule has 13 heavy (non-hydrogen) atoms. The van der Waals surface area contributed by atoms with Crippen molar-refractivity contribution in [2.24, 2.45) is 0 Å². The van der Waals surface area contributed by atoms with Crippen LogP contribution in [0.1, 0.15) is 5.56 Å². The topological polar surface area (TPSA) is 46.5 Å². The zero-order valence-electron chi connectivity index (χ0n) is 7.07. The number of rotatable bonds is 1. The number of benzene rings is 1. The Kier molecular flexibility index (Phi) is 2.93. The number of ether oxygens (including phenoxy) is 1. The Balaban J connectivity index is 2.91. The van der Waals surface area contributed by atoms with E-state index in [1.165, 1.54) is 0 Å². The van der Waals surface area contributed by atoms with Crippen LogP contribution in [0.15, 0.2) is 24.3 Å².